The average molecular weight is 249 g/mol. The third kappa shape index (κ3) is 2.23. The highest BCUT2D eigenvalue weighted by atomic mass is 16.1. The molecular formula is C12H19N5O. The van der Waals surface area contributed by atoms with Gasteiger partial charge in [-0.15, -0.1) is 10.2 Å². The van der Waals surface area contributed by atoms with Crippen LogP contribution >= 0.6 is 0 Å². The van der Waals surface area contributed by atoms with Crippen molar-refractivity contribution in [2.24, 2.45) is 0 Å². The van der Waals surface area contributed by atoms with Crippen LogP contribution in [0, 0.1) is 0 Å². The van der Waals surface area contributed by atoms with Crippen molar-refractivity contribution in [2.75, 3.05) is 0 Å². The van der Waals surface area contributed by atoms with E-state index in [1.165, 1.54) is 6.92 Å². The van der Waals surface area contributed by atoms with Gasteiger partial charge in [-0.25, -0.2) is 4.52 Å². The van der Waals surface area contributed by atoms with Gasteiger partial charge in [0, 0.05) is 24.1 Å². The summed E-state index contributed by atoms with van der Waals surface area (Å²) in [6, 6.07) is 1.81. The van der Waals surface area contributed by atoms with Crippen molar-refractivity contribution in [2.45, 2.75) is 46.1 Å². The third-order valence-corrected chi connectivity index (χ3v) is 2.83. The number of rotatable bonds is 2. The first-order chi connectivity index (χ1) is 8.29. The van der Waals surface area contributed by atoms with Crippen molar-refractivity contribution < 1.29 is 4.79 Å². The second kappa shape index (κ2) is 4.12. The third-order valence-electron chi connectivity index (χ3n) is 2.83. The number of fused-ring (bicyclic) bond motifs is 1. The standard InChI is InChI=1S/C12H19N5O/c1-7(13-8(2)18)11-15-14-10-6-9(12(3,4)5)16-17(10)11/h6-7,16H,1-5H3,(H,13,18). The van der Waals surface area contributed by atoms with Gasteiger partial charge in [0.15, 0.2) is 11.5 Å². The van der Waals surface area contributed by atoms with Gasteiger partial charge in [-0.1, -0.05) is 20.8 Å². The van der Waals surface area contributed by atoms with Gasteiger partial charge in [-0.2, -0.15) is 0 Å². The molecule has 0 aromatic carbocycles. The zero-order valence-electron chi connectivity index (χ0n) is 11.4. The normalized spacial score (nSPS) is 13.8. The monoisotopic (exact) mass is 249 g/mol. The van der Waals surface area contributed by atoms with Gasteiger partial charge in [-0.3, -0.25) is 9.89 Å². The van der Waals surface area contributed by atoms with Crippen LogP contribution < -0.4 is 5.32 Å². The minimum absolute atomic E-state index is 0.0230. The Labute approximate surface area is 106 Å². The summed E-state index contributed by atoms with van der Waals surface area (Å²) in [5.74, 6) is 0.623. The van der Waals surface area contributed by atoms with Gasteiger partial charge < -0.3 is 5.32 Å². The van der Waals surface area contributed by atoms with Crippen LogP contribution in [-0.4, -0.2) is 25.7 Å². The molecule has 0 fully saturated rings. The Hall–Kier alpha value is -1.85. The summed E-state index contributed by atoms with van der Waals surface area (Å²) < 4.78 is 1.82. The minimum atomic E-state index is -0.177. The van der Waals surface area contributed by atoms with Gasteiger partial charge in [0.1, 0.15) is 0 Å². The number of aromatic amines is 1. The van der Waals surface area contributed by atoms with Crippen LogP contribution in [0.25, 0.3) is 5.65 Å². The molecule has 2 aromatic heterocycles. The molecule has 2 aromatic rings. The summed E-state index contributed by atoms with van der Waals surface area (Å²) in [5, 5.41) is 14.3. The lowest BCUT2D eigenvalue weighted by molar-refractivity contribution is -0.119. The number of nitrogens with zero attached hydrogens (tertiary/aromatic N) is 3. The van der Waals surface area contributed by atoms with E-state index in [1.807, 2.05) is 17.5 Å². The van der Waals surface area contributed by atoms with Crippen LogP contribution in [0.3, 0.4) is 0 Å². The first kappa shape index (κ1) is 12.6. The topological polar surface area (TPSA) is 75.1 Å². The summed E-state index contributed by atoms with van der Waals surface area (Å²) in [7, 11) is 0. The SMILES string of the molecule is CC(=O)NC(C)c1nnc2cc(C(C)(C)C)[nH]n12. The van der Waals surface area contributed by atoms with E-state index >= 15 is 0 Å². The number of amides is 1. The van der Waals surface area contributed by atoms with E-state index in [2.05, 4.69) is 41.4 Å². The van der Waals surface area contributed by atoms with Crippen molar-refractivity contribution in [1.82, 2.24) is 25.1 Å². The van der Waals surface area contributed by atoms with Crippen molar-refractivity contribution in [3.05, 3.63) is 17.6 Å². The first-order valence-corrected chi connectivity index (χ1v) is 6.00. The lowest BCUT2D eigenvalue weighted by Crippen LogP contribution is -2.25. The molecule has 1 amide bonds. The molecule has 0 aliphatic carbocycles. The summed E-state index contributed by atoms with van der Waals surface area (Å²) in [6.07, 6.45) is 0. The van der Waals surface area contributed by atoms with Crippen molar-refractivity contribution in [3.8, 4) is 0 Å². The van der Waals surface area contributed by atoms with Gasteiger partial charge in [0.25, 0.3) is 0 Å². The second-order valence-corrected chi connectivity index (χ2v) is 5.59. The fraction of sp³-hybridized carbons (Fsp3) is 0.583. The molecule has 0 bridgehead atoms. The molecule has 0 radical (unpaired) electrons. The number of carbonyl (C=O) groups is 1. The van der Waals surface area contributed by atoms with E-state index in [1.54, 1.807) is 0 Å². The van der Waals surface area contributed by atoms with Crippen LogP contribution in [0.5, 0.6) is 0 Å². The lowest BCUT2D eigenvalue weighted by Gasteiger charge is -2.15. The number of aromatic nitrogens is 4. The Morgan fingerprint density at radius 2 is 2.11 bits per heavy atom. The molecule has 1 unspecified atom stereocenters. The highest BCUT2D eigenvalue weighted by Crippen LogP contribution is 2.22. The Kier molecular flexibility index (Phi) is 2.88. The van der Waals surface area contributed by atoms with E-state index in [9.17, 15) is 4.79 Å². The maximum atomic E-state index is 11.1. The smallest absolute Gasteiger partial charge is 0.217 e. The Morgan fingerprint density at radius 3 is 2.67 bits per heavy atom. The van der Waals surface area contributed by atoms with Crippen LogP contribution in [0.15, 0.2) is 6.07 Å². The van der Waals surface area contributed by atoms with Crippen molar-refractivity contribution in [1.29, 1.82) is 0 Å². The summed E-state index contributed by atoms with van der Waals surface area (Å²) in [6.45, 7) is 9.76. The Morgan fingerprint density at radius 1 is 1.44 bits per heavy atom. The van der Waals surface area contributed by atoms with E-state index in [4.69, 9.17) is 0 Å². The Balaban J connectivity index is 2.41. The van der Waals surface area contributed by atoms with Crippen LogP contribution in [0.1, 0.15) is 52.2 Å². The molecule has 2 N–H and O–H groups in total. The maximum absolute atomic E-state index is 11.1. The van der Waals surface area contributed by atoms with Crippen molar-refractivity contribution in [3.63, 3.8) is 0 Å². The van der Waals surface area contributed by atoms with Gasteiger partial charge in [-0.05, 0) is 6.92 Å². The molecule has 0 saturated carbocycles. The summed E-state index contributed by atoms with van der Waals surface area (Å²) in [4.78, 5) is 11.1. The lowest BCUT2D eigenvalue weighted by atomic mass is 9.93. The van der Waals surface area contributed by atoms with Crippen LogP contribution in [0.4, 0.5) is 0 Å². The largest absolute Gasteiger partial charge is 0.347 e. The molecule has 2 heterocycles. The molecular weight excluding hydrogens is 230 g/mol. The predicted octanol–water partition coefficient (Wildman–Crippen LogP) is 1.55. The van der Waals surface area contributed by atoms with Gasteiger partial charge in [0.05, 0.1) is 6.04 Å². The molecule has 6 nitrogen and oxygen atoms in total. The molecule has 6 heteroatoms. The molecule has 1 atom stereocenters. The van der Waals surface area contributed by atoms with Crippen LogP contribution in [0.2, 0.25) is 0 Å². The van der Waals surface area contributed by atoms with E-state index in [0.717, 1.165) is 11.3 Å². The molecule has 18 heavy (non-hydrogen) atoms. The average Bonchev–Trinajstić information content (AvgIpc) is 2.71. The molecule has 98 valence electrons. The van der Waals surface area contributed by atoms with E-state index in [0.29, 0.717) is 5.82 Å². The number of nitrogens with one attached hydrogen (secondary N) is 2. The van der Waals surface area contributed by atoms with E-state index < -0.39 is 0 Å². The first-order valence-electron chi connectivity index (χ1n) is 6.00. The fourth-order valence-corrected chi connectivity index (χ4v) is 1.83. The van der Waals surface area contributed by atoms with E-state index in [-0.39, 0.29) is 17.4 Å². The zero-order chi connectivity index (χ0) is 13.5. The highest BCUT2D eigenvalue weighted by molar-refractivity contribution is 5.73. The number of hydrogen-bond donors (Lipinski definition) is 2. The molecule has 0 saturated heterocycles. The van der Waals surface area contributed by atoms with Crippen LogP contribution in [-0.2, 0) is 10.2 Å². The minimum Gasteiger partial charge on any atom is -0.347 e. The fourth-order valence-electron chi connectivity index (χ4n) is 1.83. The molecule has 0 spiro atoms. The summed E-state index contributed by atoms with van der Waals surface area (Å²) in [5.41, 5.74) is 1.88. The zero-order valence-corrected chi connectivity index (χ0v) is 11.4. The molecule has 2 rings (SSSR count). The molecule has 0 aliphatic heterocycles. The number of H-pyrrole nitrogens is 1. The molecule has 0 aliphatic rings. The number of carbonyl (C=O) groups excluding carboxylic acids is 1. The van der Waals surface area contributed by atoms with Crippen molar-refractivity contribution >= 4 is 11.6 Å². The van der Waals surface area contributed by atoms with Gasteiger partial charge >= 0.3 is 0 Å². The highest BCUT2D eigenvalue weighted by Gasteiger charge is 2.21. The number of hydrogen-bond acceptors (Lipinski definition) is 3. The second-order valence-electron chi connectivity index (χ2n) is 5.59. The quantitative estimate of drug-likeness (QED) is 0.848. The van der Waals surface area contributed by atoms with Gasteiger partial charge in [0.2, 0.25) is 5.91 Å². The predicted molar refractivity (Wildman–Crippen MR) is 68.3 cm³/mol. The Bertz CT molecular complexity index is 575. The maximum Gasteiger partial charge on any atom is 0.217 e. The summed E-state index contributed by atoms with van der Waals surface area (Å²) >= 11 is 0.